The Morgan fingerprint density at radius 2 is 2.00 bits per heavy atom. The predicted octanol–water partition coefficient (Wildman–Crippen LogP) is 3.89. The molecule has 2 aromatic carbocycles. The van der Waals surface area contributed by atoms with Crippen LogP contribution in [0.4, 0.5) is 17.6 Å². The van der Waals surface area contributed by atoms with Crippen LogP contribution in [-0.4, -0.2) is 32.9 Å². The summed E-state index contributed by atoms with van der Waals surface area (Å²) in [6.07, 6.45) is -3.47. The third-order valence-electron chi connectivity index (χ3n) is 4.58. The molecule has 1 atom stereocenters. The lowest BCUT2D eigenvalue weighted by molar-refractivity contribution is -0.274. The molecule has 0 spiro atoms. The fourth-order valence-electron chi connectivity index (χ4n) is 3.32. The van der Waals surface area contributed by atoms with E-state index in [0.717, 1.165) is 0 Å². The molecule has 3 aromatic rings. The smallest absolute Gasteiger partial charge is 0.406 e. The van der Waals surface area contributed by atoms with Crippen molar-refractivity contribution in [2.24, 2.45) is 5.73 Å². The van der Waals surface area contributed by atoms with Crippen LogP contribution in [0.5, 0.6) is 5.75 Å². The summed E-state index contributed by atoms with van der Waals surface area (Å²) in [6.45, 7) is 0. The molecular weight excluding hydrogens is 418 g/mol. The third kappa shape index (κ3) is 6.76. The number of alkyl halides is 3. The van der Waals surface area contributed by atoms with Gasteiger partial charge in [-0.3, -0.25) is 4.79 Å². The maximum Gasteiger partial charge on any atom is 0.573 e. The molecule has 0 aliphatic rings. The topological polar surface area (TPSA) is 107 Å². The number of carbonyl (C=O) groups excluding carboxylic acids is 1. The molecular formula is C20H19F4N5O2. The number of carbonyl (C=O) groups is 1. The van der Waals surface area contributed by atoms with E-state index in [1.54, 1.807) is 12.1 Å². The molecule has 0 aliphatic carbocycles. The average Bonchev–Trinajstić information content (AvgIpc) is 3.20. The Morgan fingerprint density at radius 1 is 1.19 bits per heavy atom. The number of rotatable bonds is 9. The zero-order valence-corrected chi connectivity index (χ0v) is 16.2. The summed E-state index contributed by atoms with van der Waals surface area (Å²) >= 11 is 0. The highest BCUT2D eigenvalue weighted by molar-refractivity contribution is 5.73. The van der Waals surface area contributed by atoms with Crippen LogP contribution in [0, 0.1) is 5.82 Å². The molecule has 164 valence electrons. The van der Waals surface area contributed by atoms with E-state index in [1.165, 1.54) is 30.3 Å². The van der Waals surface area contributed by atoms with Gasteiger partial charge in [0, 0.05) is 12.0 Å². The van der Waals surface area contributed by atoms with E-state index >= 15 is 0 Å². The number of H-pyrrole nitrogens is 1. The first-order valence-electron chi connectivity index (χ1n) is 9.37. The summed E-state index contributed by atoms with van der Waals surface area (Å²) in [6, 6.07) is 9.89. The Morgan fingerprint density at radius 3 is 2.68 bits per heavy atom. The molecule has 11 heteroatoms. The number of aromatic amines is 1. The van der Waals surface area contributed by atoms with Gasteiger partial charge < -0.3 is 10.5 Å². The molecule has 31 heavy (non-hydrogen) atoms. The number of hydrogen-bond donors (Lipinski definition) is 2. The van der Waals surface area contributed by atoms with Crippen LogP contribution in [0.25, 0.3) is 11.4 Å². The summed E-state index contributed by atoms with van der Waals surface area (Å²) in [5.74, 6) is -1.43. The number of nitrogens with zero attached hydrogens (tertiary/aromatic N) is 3. The van der Waals surface area contributed by atoms with Crippen LogP contribution >= 0.6 is 0 Å². The summed E-state index contributed by atoms with van der Waals surface area (Å²) in [5, 5.41) is 13.5. The van der Waals surface area contributed by atoms with E-state index in [9.17, 15) is 22.4 Å². The second-order valence-electron chi connectivity index (χ2n) is 6.96. The van der Waals surface area contributed by atoms with E-state index in [4.69, 9.17) is 5.73 Å². The number of nitrogens with two attached hydrogens (primary N) is 1. The molecule has 0 saturated heterocycles. The monoisotopic (exact) mass is 437 g/mol. The number of amides is 1. The average molecular weight is 437 g/mol. The van der Waals surface area contributed by atoms with E-state index in [-0.39, 0.29) is 23.9 Å². The lowest BCUT2D eigenvalue weighted by Crippen LogP contribution is -2.17. The van der Waals surface area contributed by atoms with Gasteiger partial charge in [0.1, 0.15) is 11.6 Å². The van der Waals surface area contributed by atoms with Gasteiger partial charge >= 0.3 is 6.36 Å². The highest BCUT2D eigenvalue weighted by atomic mass is 19.4. The zero-order valence-electron chi connectivity index (χ0n) is 16.2. The normalized spacial score (nSPS) is 12.5. The van der Waals surface area contributed by atoms with Gasteiger partial charge in [0.15, 0.2) is 0 Å². The summed E-state index contributed by atoms with van der Waals surface area (Å²) in [4.78, 5) is 11.1. The molecule has 0 aliphatic heterocycles. The van der Waals surface area contributed by atoms with Crippen LogP contribution in [0.2, 0.25) is 0 Å². The minimum Gasteiger partial charge on any atom is -0.406 e. The van der Waals surface area contributed by atoms with Crippen molar-refractivity contribution in [2.45, 2.75) is 38.0 Å². The van der Waals surface area contributed by atoms with Gasteiger partial charge in [-0.15, -0.1) is 23.4 Å². The van der Waals surface area contributed by atoms with Crippen LogP contribution in [0.15, 0.2) is 42.5 Å². The molecule has 3 N–H and O–H groups in total. The summed E-state index contributed by atoms with van der Waals surface area (Å²) < 4.78 is 55.9. The van der Waals surface area contributed by atoms with Crippen molar-refractivity contribution in [2.75, 3.05) is 0 Å². The SMILES string of the molecule is NC(=O)CCCC(Cc1cccc(OC(F)(F)F)c1)c1cc(F)cc(-c2nn[nH]n2)c1. The van der Waals surface area contributed by atoms with Gasteiger partial charge in [-0.2, -0.15) is 5.21 Å². The Hall–Kier alpha value is -3.50. The van der Waals surface area contributed by atoms with Crippen LogP contribution in [0.1, 0.15) is 36.3 Å². The lowest BCUT2D eigenvalue weighted by atomic mass is 9.86. The number of aromatic nitrogens is 4. The largest absolute Gasteiger partial charge is 0.573 e. The maximum atomic E-state index is 14.3. The number of ether oxygens (including phenoxy) is 1. The zero-order chi connectivity index (χ0) is 22.4. The van der Waals surface area contributed by atoms with Gasteiger partial charge in [-0.05, 0) is 71.9 Å². The molecule has 0 fully saturated rings. The van der Waals surface area contributed by atoms with Gasteiger partial charge in [-0.25, -0.2) is 4.39 Å². The summed E-state index contributed by atoms with van der Waals surface area (Å²) in [5.41, 5.74) is 6.77. The standard InChI is InChI=1S/C20H19F4N5O2/c21-16-10-14(9-15(11-16)19-26-28-29-27-19)13(4-2-6-18(25)30)7-12-3-1-5-17(8-12)31-20(22,23)24/h1,3,5,8-11,13H,2,4,6-7H2,(H2,25,30)(H,26,27,28,29). The van der Waals surface area contributed by atoms with Gasteiger partial charge in [0.05, 0.1) is 0 Å². The minimum atomic E-state index is -4.80. The minimum absolute atomic E-state index is 0.140. The third-order valence-corrected chi connectivity index (χ3v) is 4.58. The second-order valence-corrected chi connectivity index (χ2v) is 6.96. The number of benzene rings is 2. The molecule has 7 nitrogen and oxygen atoms in total. The first-order valence-corrected chi connectivity index (χ1v) is 9.37. The highest BCUT2D eigenvalue weighted by Crippen LogP contribution is 2.31. The van der Waals surface area contributed by atoms with E-state index < -0.39 is 18.1 Å². The quantitative estimate of drug-likeness (QED) is 0.494. The number of primary amides is 1. The molecule has 1 unspecified atom stereocenters. The van der Waals surface area contributed by atoms with E-state index in [1.807, 2.05) is 0 Å². The fourth-order valence-corrected chi connectivity index (χ4v) is 3.32. The Bertz CT molecular complexity index is 1020. The first kappa shape index (κ1) is 22.2. The highest BCUT2D eigenvalue weighted by Gasteiger charge is 2.31. The molecule has 3 rings (SSSR count). The number of nitrogens with one attached hydrogen (secondary N) is 1. The number of hydrogen-bond acceptors (Lipinski definition) is 5. The van der Waals surface area contributed by atoms with E-state index in [2.05, 4.69) is 25.4 Å². The van der Waals surface area contributed by atoms with Crippen molar-refractivity contribution >= 4 is 5.91 Å². The van der Waals surface area contributed by atoms with Crippen molar-refractivity contribution in [3.05, 3.63) is 59.4 Å². The molecule has 1 heterocycles. The summed E-state index contributed by atoms with van der Waals surface area (Å²) in [7, 11) is 0. The predicted molar refractivity (Wildman–Crippen MR) is 102 cm³/mol. The van der Waals surface area contributed by atoms with Crippen molar-refractivity contribution in [1.29, 1.82) is 0 Å². The maximum absolute atomic E-state index is 14.3. The molecule has 0 radical (unpaired) electrons. The Balaban J connectivity index is 1.89. The second kappa shape index (κ2) is 9.54. The fraction of sp³-hybridized carbons (Fsp3) is 0.300. The van der Waals surface area contributed by atoms with E-state index in [0.29, 0.717) is 36.0 Å². The number of halogens is 4. The van der Waals surface area contributed by atoms with Crippen LogP contribution < -0.4 is 10.5 Å². The van der Waals surface area contributed by atoms with Gasteiger partial charge in [0.2, 0.25) is 11.7 Å². The lowest BCUT2D eigenvalue weighted by Gasteiger charge is -2.19. The molecule has 1 aromatic heterocycles. The Kier molecular flexibility index (Phi) is 6.83. The van der Waals surface area contributed by atoms with Crippen molar-refractivity contribution in [3.8, 4) is 17.1 Å². The van der Waals surface area contributed by atoms with Crippen molar-refractivity contribution < 1.29 is 27.1 Å². The molecule has 0 bridgehead atoms. The molecule has 1 amide bonds. The molecule has 0 saturated carbocycles. The Labute approximate surface area is 174 Å². The number of tetrazole rings is 1. The van der Waals surface area contributed by atoms with Gasteiger partial charge in [-0.1, -0.05) is 12.1 Å². The van der Waals surface area contributed by atoms with Crippen LogP contribution in [0.3, 0.4) is 0 Å². The van der Waals surface area contributed by atoms with Crippen molar-refractivity contribution in [3.63, 3.8) is 0 Å². The first-order chi connectivity index (χ1) is 14.7. The van der Waals surface area contributed by atoms with Gasteiger partial charge in [0.25, 0.3) is 0 Å². The van der Waals surface area contributed by atoms with Crippen molar-refractivity contribution in [1.82, 2.24) is 20.6 Å². The van der Waals surface area contributed by atoms with Crippen LogP contribution in [-0.2, 0) is 11.2 Å².